The average Bonchev–Trinajstić information content (AvgIpc) is 2.63. The Morgan fingerprint density at radius 2 is 1.96 bits per heavy atom. The average molecular weight is 386 g/mol. The maximum Gasteiger partial charge on any atom is 0.409 e. The first-order valence-corrected chi connectivity index (χ1v) is 9.06. The first-order chi connectivity index (χ1) is 12.3. The molecule has 1 aliphatic rings. The molecule has 1 aromatic carbocycles. The largest absolute Gasteiger partial charge is 0.450 e. The van der Waals surface area contributed by atoms with Crippen molar-refractivity contribution in [2.24, 2.45) is 0 Å². The van der Waals surface area contributed by atoms with Gasteiger partial charge in [-0.05, 0) is 26.0 Å². The fraction of sp³-hybridized carbons (Fsp3) is 0.556. The maximum atomic E-state index is 13.9. The second kappa shape index (κ2) is 9.19. The molecular formula is C18H25ClFN3O3. The number of halogens is 2. The molecule has 2 rings (SSSR count). The van der Waals surface area contributed by atoms with Crippen LogP contribution in [0.5, 0.6) is 0 Å². The van der Waals surface area contributed by atoms with Crippen LogP contribution in [0.15, 0.2) is 18.2 Å². The number of likely N-dealkylation sites (N-methyl/N-ethyl adjacent to an activating group) is 1. The smallest absolute Gasteiger partial charge is 0.409 e. The van der Waals surface area contributed by atoms with Gasteiger partial charge in [-0.3, -0.25) is 9.69 Å². The molecule has 1 fully saturated rings. The van der Waals surface area contributed by atoms with Crippen molar-refractivity contribution in [1.82, 2.24) is 14.7 Å². The lowest BCUT2D eigenvalue weighted by atomic mass is 10.1. The van der Waals surface area contributed by atoms with Crippen LogP contribution in [-0.4, -0.2) is 72.6 Å². The molecule has 1 unspecified atom stereocenters. The van der Waals surface area contributed by atoms with Gasteiger partial charge in [0.2, 0.25) is 5.91 Å². The van der Waals surface area contributed by atoms with Crippen LogP contribution in [0.4, 0.5) is 9.18 Å². The van der Waals surface area contributed by atoms with E-state index in [-0.39, 0.29) is 24.6 Å². The number of hydrogen-bond acceptors (Lipinski definition) is 4. The maximum absolute atomic E-state index is 13.9. The van der Waals surface area contributed by atoms with Crippen molar-refractivity contribution in [2.75, 3.05) is 39.8 Å². The van der Waals surface area contributed by atoms with Gasteiger partial charge in [-0.1, -0.05) is 17.7 Å². The Balaban J connectivity index is 1.92. The van der Waals surface area contributed by atoms with Gasteiger partial charge >= 0.3 is 6.09 Å². The number of carbonyl (C=O) groups is 2. The fourth-order valence-corrected chi connectivity index (χ4v) is 3.20. The summed E-state index contributed by atoms with van der Waals surface area (Å²) >= 11 is 6.04. The predicted molar refractivity (Wildman–Crippen MR) is 97.5 cm³/mol. The van der Waals surface area contributed by atoms with Gasteiger partial charge in [0, 0.05) is 50.4 Å². The molecule has 1 atom stereocenters. The van der Waals surface area contributed by atoms with Crippen LogP contribution in [0.3, 0.4) is 0 Å². The summed E-state index contributed by atoms with van der Waals surface area (Å²) in [5, 5.41) is 0.306. The second-order valence-corrected chi connectivity index (χ2v) is 6.70. The van der Waals surface area contributed by atoms with E-state index in [0.717, 1.165) is 0 Å². The van der Waals surface area contributed by atoms with Gasteiger partial charge in [-0.2, -0.15) is 0 Å². The molecular weight excluding hydrogens is 361 g/mol. The first kappa shape index (κ1) is 20.5. The zero-order valence-electron chi connectivity index (χ0n) is 15.4. The van der Waals surface area contributed by atoms with Gasteiger partial charge < -0.3 is 14.5 Å². The van der Waals surface area contributed by atoms with Gasteiger partial charge in [0.1, 0.15) is 5.82 Å². The quantitative estimate of drug-likeness (QED) is 0.781. The van der Waals surface area contributed by atoms with Crippen LogP contribution in [0.25, 0.3) is 0 Å². The Morgan fingerprint density at radius 3 is 2.54 bits per heavy atom. The van der Waals surface area contributed by atoms with E-state index in [2.05, 4.69) is 0 Å². The van der Waals surface area contributed by atoms with Crippen LogP contribution in [-0.2, 0) is 16.1 Å². The minimum Gasteiger partial charge on any atom is -0.450 e. The summed E-state index contributed by atoms with van der Waals surface area (Å²) in [6, 6.07) is 4.11. The molecule has 2 amide bonds. The van der Waals surface area contributed by atoms with Gasteiger partial charge in [0.15, 0.2) is 0 Å². The zero-order chi connectivity index (χ0) is 19.3. The number of hydrogen-bond donors (Lipinski definition) is 0. The number of nitrogens with zero attached hydrogens (tertiary/aromatic N) is 3. The number of piperazine rings is 1. The zero-order valence-corrected chi connectivity index (χ0v) is 16.1. The van der Waals surface area contributed by atoms with E-state index in [1.165, 1.54) is 17.0 Å². The molecule has 0 saturated carbocycles. The number of ether oxygens (including phenoxy) is 1. The third kappa shape index (κ3) is 4.86. The Labute approximate surface area is 158 Å². The molecule has 0 aromatic heterocycles. The highest BCUT2D eigenvalue weighted by Gasteiger charge is 2.29. The molecule has 0 radical (unpaired) electrons. The van der Waals surface area contributed by atoms with Gasteiger partial charge in [-0.25, -0.2) is 9.18 Å². The number of carbonyl (C=O) groups excluding carboxylic acids is 2. The predicted octanol–water partition coefficient (Wildman–Crippen LogP) is 2.60. The lowest BCUT2D eigenvalue weighted by Gasteiger charge is -2.38. The standard InChI is InChI=1S/C18H25ClFN3O3/c1-4-26-18(25)23-10-8-22(9-11-23)13(2)17(24)21(3)12-14-15(19)6-5-7-16(14)20/h5-7,13H,4,8-12H2,1-3H3. The van der Waals surface area contributed by atoms with Crippen molar-refractivity contribution >= 4 is 23.6 Å². The molecule has 1 saturated heterocycles. The highest BCUT2D eigenvalue weighted by molar-refractivity contribution is 6.31. The van der Waals surface area contributed by atoms with Crippen LogP contribution < -0.4 is 0 Å². The van der Waals surface area contributed by atoms with Crippen LogP contribution >= 0.6 is 11.6 Å². The summed E-state index contributed by atoms with van der Waals surface area (Å²) < 4.78 is 18.9. The van der Waals surface area contributed by atoms with Crippen molar-refractivity contribution in [1.29, 1.82) is 0 Å². The molecule has 144 valence electrons. The Kier molecular flexibility index (Phi) is 7.23. The molecule has 1 aromatic rings. The lowest BCUT2D eigenvalue weighted by molar-refractivity contribution is -0.136. The van der Waals surface area contributed by atoms with E-state index in [1.54, 1.807) is 24.9 Å². The van der Waals surface area contributed by atoms with E-state index >= 15 is 0 Å². The second-order valence-electron chi connectivity index (χ2n) is 6.29. The summed E-state index contributed by atoms with van der Waals surface area (Å²) in [6.07, 6.45) is -0.322. The molecule has 8 heteroatoms. The summed E-state index contributed by atoms with van der Waals surface area (Å²) in [4.78, 5) is 29.6. The van der Waals surface area contributed by atoms with Crippen molar-refractivity contribution < 1.29 is 18.7 Å². The van der Waals surface area contributed by atoms with Crippen LogP contribution in [0.2, 0.25) is 5.02 Å². The first-order valence-electron chi connectivity index (χ1n) is 8.68. The number of amides is 2. The van der Waals surface area contributed by atoms with E-state index in [0.29, 0.717) is 43.4 Å². The minimum atomic E-state index is -0.423. The topological polar surface area (TPSA) is 53.1 Å². The summed E-state index contributed by atoms with van der Waals surface area (Å²) in [5.41, 5.74) is 0.310. The van der Waals surface area contributed by atoms with E-state index in [1.807, 2.05) is 11.8 Å². The fourth-order valence-electron chi connectivity index (χ4n) is 2.98. The number of benzene rings is 1. The third-order valence-electron chi connectivity index (χ3n) is 4.58. The highest BCUT2D eigenvalue weighted by Crippen LogP contribution is 2.21. The third-order valence-corrected chi connectivity index (χ3v) is 4.93. The summed E-state index contributed by atoms with van der Waals surface area (Å²) in [5.74, 6) is -0.540. The Morgan fingerprint density at radius 1 is 1.31 bits per heavy atom. The summed E-state index contributed by atoms with van der Waals surface area (Å²) in [6.45, 7) is 6.24. The van der Waals surface area contributed by atoms with Crippen LogP contribution in [0, 0.1) is 5.82 Å². The van der Waals surface area contributed by atoms with Crippen LogP contribution in [0.1, 0.15) is 19.4 Å². The van der Waals surface area contributed by atoms with Gasteiger partial charge in [-0.15, -0.1) is 0 Å². The molecule has 0 aliphatic carbocycles. The van der Waals surface area contributed by atoms with Gasteiger partial charge in [0.25, 0.3) is 0 Å². The number of rotatable bonds is 5. The SMILES string of the molecule is CCOC(=O)N1CCN(C(C)C(=O)N(C)Cc2c(F)cccc2Cl)CC1. The van der Waals surface area contributed by atoms with Crippen molar-refractivity contribution in [3.8, 4) is 0 Å². The highest BCUT2D eigenvalue weighted by atomic mass is 35.5. The Hall–Kier alpha value is -1.86. The van der Waals surface area contributed by atoms with Crippen molar-refractivity contribution in [3.05, 3.63) is 34.6 Å². The van der Waals surface area contributed by atoms with Crippen molar-refractivity contribution in [3.63, 3.8) is 0 Å². The lowest BCUT2D eigenvalue weighted by Crippen LogP contribution is -2.55. The molecule has 0 bridgehead atoms. The summed E-state index contributed by atoms with van der Waals surface area (Å²) in [7, 11) is 1.64. The van der Waals surface area contributed by atoms with E-state index < -0.39 is 5.82 Å². The molecule has 0 N–H and O–H groups in total. The minimum absolute atomic E-state index is 0.109. The van der Waals surface area contributed by atoms with Gasteiger partial charge in [0.05, 0.1) is 12.6 Å². The van der Waals surface area contributed by atoms with E-state index in [9.17, 15) is 14.0 Å². The Bertz CT molecular complexity index is 630. The molecule has 0 spiro atoms. The molecule has 1 heterocycles. The normalized spacial score (nSPS) is 16.3. The molecule has 1 aliphatic heterocycles. The molecule has 26 heavy (non-hydrogen) atoms. The van der Waals surface area contributed by atoms with E-state index in [4.69, 9.17) is 16.3 Å². The molecule has 6 nitrogen and oxygen atoms in total. The van der Waals surface area contributed by atoms with Crippen molar-refractivity contribution in [2.45, 2.75) is 26.4 Å². The monoisotopic (exact) mass is 385 g/mol.